The molecule has 0 aliphatic carbocycles. The summed E-state index contributed by atoms with van der Waals surface area (Å²) < 4.78 is 0. The zero-order valence-corrected chi connectivity index (χ0v) is 11.9. The lowest BCUT2D eigenvalue weighted by Crippen LogP contribution is -2.16. The molecule has 0 bridgehead atoms. The van der Waals surface area contributed by atoms with Gasteiger partial charge in [0.2, 0.25) is 0 Å². The Morgan fingerprint density at radius 1 is 1.32 bits per heavy atom. The molecule has 0 spiro atoms. The van der Waals surface area contributed by atoms with Crippen LogP contribution >= 0.6 is 0 Å². The third-order valence-electron chi connectivity index (χ3n) is 3.33. The number of aromatic nitrogens is 2. The van der Waals surface area contributed by atoms with Gasteiger partial charge >= 0.3 is 0 Å². The molecular weight excluding hydrogens is 236 g/mol. The van der Waals surface area contributed by atoms with Gasteiger partial charge in [0, 0.05) is 17.0 Å². The molecule has 2 rings (SSSR count). The summed E-state index contributed by atoms with van der Waals surface area (Å²) in [7, 11) is 0. The number of benzene rings is 1. The van der Waals surface area contributed by atoms with Gasteiger partial charge in [-0.15, -0.1) is 0 Å². The number of hydrogen-bond donors (Lipinski definition) is 1. The Morgan fingerprint density at radius 2 is 2.05 bits per heavy atom. The molecule has 1 heterocycles. The number of aromatic amines is 1. The SMILES string of the molecule is CCc1cccc(-c2nc(C(C)C)[nH]c(=O)c2C)c1. The van der Waals surface area contributed by atoms with Gasteiger partial charge in [0.25, 0.3) is 5.56 Å². The van der Waals surface area contributed by atoms with Crippen LogP contribution in [0.3, 0.4) is 0 Å². The third kappa shape index (κ3) is 2.75. The summed E-state index contributed by atoms with van der Waals surface area (Å²) in [5.74, 6) is 0.953. The Labute approximate surface area is 113 Å². The van der Waals surface area contributed by atoms with Crippen molar-refractivity contribution in [3.05, 3.63) is 51.6 Å². The lowest BCUT2D eigenvalue weighted by atomic mass is 10.0. The van der Waals surface area contributed by atoms with Gasteiger partial charge in [0.15, 0.2) is 0 Å². The highest BCUT2D eigenvalue weighted by molar-refractivity contribution is 5.63. The fourth-order valence-electron chi connectivity index (χ4n) is 2.04. The lowest BCUT2D eigenvalue weighted by molar-refractivity contribution is 0.765. The van der Waals surface area contributed by atoms with E-state index in [0.717, 1.165) is 23.5 Å². The minimum absolute atomic E-state index is 0.0457. The smallest absolute Gasteiger partial charge is 0.254 e. The first kappa shape index (κ1) is 13.5. The number of hydrogen-bond acceptors (Lipinski definition) is 2. The highest BCUT2D eigenvalue weighted by Gasteiger charge is 2.11. The van der Waals surface area contributed by atoms with Gasteiger partial charge in [0.1, 0.15) is 5.82 Å². The maximum atomic E-state index is 12.0. The lowest BCUT2D eigenvalue weighted by Gasteiger charge is -2.10. The summed E-state index contributed by atoms with van der Waals surface area (Å²) in [6.07, 6.45) is 0.979. The summed E-state index contributed by atoms with van der Waals surface area (Å²) >= 11 is 0. The molecule has 1 N–H and O–H groups in total. The molecule has 0 saturated heterocycles. The number of H-pyrrole nitrogens is 1. The molecule has 0 unspecified atom stereocenters. The van der Waals surface area contributed by atoms with Crippen LogP contribution in [-0.4, -0.2) is 9.97 Å². The molecule has 1 aromatic carbocycles. The monoisotopic (exact) mass is 256 g/mol. The zero-order valence-electron chi connectivity index (χ0n) is 11.9. The van der Waals surface area contributed by atoms with Gasteiger partial charge < -0.3 is 4.98 Å². The standard InChI is InChI=1S/C16H20N2O/c1-5-12-7-6-8-13(9-12)14-11(4)16(19)18-15(17-14)10(2)3/h6-10H,5H2,1-4H3,(H,17,18,19). The highest BCUT2D eigenvalue weighted by atomic mass is 16.1. The van der Waals surface area contributed by atoms with Crippen LogP contribution in [0.4, 0.5) is 0 Å². The maximum absolute atomic E-state index is 12.0. The van der Waals surface area contributed by atoms with Crippen LogP contribution in [0.15, 0.2) is 29.1 Å². The van der Waals surface area contributed by atoms with E-state index >= 15 is 0 Å². The molecule has 0 aliphatic heterocycles. The van der Waals surface area contributed by atoms with Gasteiger partial charge in [-0.3, -0.25) is 4.79 Å². The van der Waals surface area contributed by atoms with E-state index in [4.69, 9.17) is 0 Å². The third-order valence-corrected chi connectivity index (χ3v) is 3.33. The minimum atomic E-state index is -0.0457. The van der Waals surface area contributed by atoms with E-state index in [-0.39, 0.29) is 11.5 Å². The molecule has 100 valence electrons. The Bertz CT molecular complexity index is 641. The van der Waals surface area contributed by atoms with Crippen LogP contribution in [0.25, 0.3) is 11.3 Å². The normalized spacial score (nSPS) is 11.0. The summed E-state index contributed by atoms with van der Waals surface area (Å²) in [6.45, 7) is 8.00. The summed E-state index contributed by atoms with van der Waals surface area (Å²) in [4.78, 5) is 19.5. The van der Waals surface area contributed by atoms with E-state index in [9.17, 15) is 4.79 Å². The topological polar surface area (TPSA) is 45.8 Å². The second-order valence-electron chi connectivity index (χ2n) is 5.13. The molecule has 3 heteroatoms. The van der Waals surface area contributed by atoms with E-state index in [1.807, 2.05) is 32.9 Å². The molecule has 2 aromatic rings. The average Bonchev–Trinajstić information content (AvgIpc) is 2.41. The minimum Gasteiger partial charge on any atom is -0.310 e. The molecular formula is C16H20N2O. The quantitative estimate of drug-likeness (QED) is 0.914. The van der Waals surface area contributed by atoms with Crippen LogP contribution < -0.4 is 5.56 Å². The predicted molar refractivity (Wildman–Crippen MR) is 78.5 cm³/mol. The molecule has 0 radical (unpaired) electrons. The molecule has 0 amide bonds. The molecule has 0 fully saturated rings. The zero-order chi connectivity index (χ0) is 14.0. The summed E-state index contributed by atoms with van der Waals surface area (Å²) in [5.41, 5.74) is 3.70. The van der Waals surface area contributed by atoms with E-state index in [1.54, 1.807) is 0 Å². The second-order valence-corrected chi connectivity index (χ2v) is 5.13. The first-order valence-corrected chi connectivity index (χ1v) is 6.73. The number of nitrogens with zero attached hydrogens (tertiary/aromatic N) is 1. The van der Waals surface area contributed by atoms with Crippen molar-refractivity contribution >= 4 is 0 Å². The first-order valence-electron chi connectivity index (χ1n) is 6.73. The summed E-state index contributed by atoms with van der Waals surface area (Å²) in [5, 5.41) is 0. The van der Waals surface area contributed by atoms with Crippen molar-refractivity contribution in [2.45, 2.75) is 40.0 Å². The van der Waals surface area contributed by atoms with Gasteiger partial charge in [-0.25, -0.2) is 4.98 Å². The Kier molecular flexibility index (Phi) is 3.84. The van der Waals surface area contributed by atoms with Crippen molar-refractivity contribution in [1.29, 1.82) is 0 Å². The highest BCUT2D eigenvalue weighted by Crippen LogP contribution is 2.22. The summed E-state index contributed by atoms with van der Waals surface area (Å²) in [6, 6.07) is 8.23. The van der Waals surface area contributed by atoms with E-state index < -0.39 is 0 Å². The van der Waals surface area contributed by atoms with Crippen molar-refractivity contribution in [2.75, 3.05) is 0 Å². The molecule has 19 heavy (non-hydrogen) atoms. The number of nitrogens with one attached hydrogen (secondary N) is 1. The second kappa shape index (κ2) is 5.39. The van der Waals surface area contributed by atoms with Crippen molar-refractivity contribution in [2.24, 2.45) is 0 Å². The Morgan fingerprint density at radius 3 is 2.68 bits per heavy atom. The van der Waals surface area contributed by atoms with Crippen molar-refractivity contribution in [1.82, 2.24) is 9.97 Å². The van der Waals surface area contributed by atoms with E-state index in [0.29, 0.717) is 5.56 Å². The van der Waals surface area contributed by atoms with E-state index in [2.05, 4.69) is 29.0 Å². The Balaban J connectivity index is 2.63. The van der Waals surface area contributed by atoms with Crippen LogP contribution in [-0.2, 0) is 6.42 Å². The first-order chi connectivity index (χ1) is 9.02. The fraction of sp³-hybridized carbons (Fsp3) is 0.375. The molecule has 0 aliphatic rings. The number of rotatable bonds is 3. The molecule has 0 saturated carbocycles. The van der Waals surface area contributed by atoms with Crippen molar-refractivity contribution in [3.63, 3.8) is 0 Å². The van der Waals surface area contributed by atoms with Crippen molar-refractivity contribution in [3.8, 4) is 11.3 Å². The van der Waals surface area contributed by atoms with Crippen LogP contribution in [0.2, 0.25) is 0 Å². The average molecular weight is 256 g/mol. The molecule has 1 aromatic heterocycles. The van der Waals surface area contributed by atoms with Crippen molar-refractivity contribution < 1.29 is 0 Å². The van der Waals surface area contributed by atoms with Crippen LogP contribution in [0.5, 0.6) is 0 Å². The molecule has 0 atom stereocenters. The van der Waals surface area contributed by atoms with Gasteiger partial charge in [-0.1, -0.05) is 39.0 Å². The largest absolute Gasteiger partial charge is 0.310 e. The maximum Gasteiger partial charge on any atom is 0.254 e. The van der Waals surface area contributed by atoms with Crippen LogP contribution in [0, 0.1) is 6.92 Å². The van der Waals surface area contributed by atoms with Gasteiger partial charge in [-0.2, -0.15) is 0 Å². The number of aryl methyl sites for hydroxylation is 1. The predicted octanol–water partition coefficient (Wildman–Crippen LogP) is 3.43. The fourth-order valence-corrected chi connectivity index (χ4v) is 2.04. The van der Waals surface area contributed by atoms with Gasteiger partial charge in [-0.05, 0) is 25.0 Å². The van der Waals surface area contributed by atoms with Crippen LogP contribution in [0.1, 0.15) is 43.6 Å². The molecule has 3 nitrogen and oxygen atoms in total. The van der Waals surface area contributed by atoms with E-state index in [1.165, 1.54) is 5.56 Å². The Hall–Kier alpha value is -1.90. The van der Waals surface area contributed by atoms with Gasteiger partial charge in [0.05, 0.1) is 5.69 Å².